The Balaban J connectivity index is 1.82. The standard InChI is InChI=1S/C44H41ClF10N8O7S2/c1-21-16-42(48,49)38(33(21)37(56)44(53,54)55)57-17-30(64)59-29(14-22-12-23(46)15-24(47)13-22)35-26(7-6-25(58-35)10-11-41(2,3)71-4)27-8-9-28(45)34-36(27)62(20-43(50,51)52)60-39(34)63(72(5)70)40(69)61(18-31(65)66)19-32(67)68/h6-9,12-13,15,21,29,56-57H,14,16-20H2,1-5H3,(H,59,64)(H,65,66)(H,67,68)/t21-,29?,72?/m0/s1. The van der Waals surface area contributed by atoms with E-state index in [4.69, 9.17) is 17.0 Å². The van der Waals surface area contributed by atoms with E-state index >= 15 is 8.78 Å². The number of nitrogens with zero attached hydrogens (tertiary/aromatic N) is 5. The van der Waals surface area contributed by atoms with Crippen molar-refractivity contribution in [2.24, 2.45) is 5.92 Å². The third-order valence-corrected chi connectivity index (χ3v) is 12.9. The summed E-state index contributed by atoms with van der Waals surface area (Å²) in [5.41, 5.74) is -6.34. The molecule has 0 saturated heterocycles. The van der Waals surface area contributed by atoms with Crippen molar-refractivity contribution >= 4 is 81.0 Å². The molecule has 1 aliphatic carbocycles. The molecule has 0 fully saturated rings. The number of rotatable bonds is 17. The number of fused-ring (bicyclic) bond motifs is 1. The Morgan fingerprint density at radius 1 is 1.03 bits per heavy atom. The maximum atomic E-state index is 15.3. The number of benzene rings is 2. The highest BCUT2D eigenvalue weighted by molar-refractivity contribution is 8.00. The van der Waals surface area contributed by atoms with Crippen LogP contribution in [0.5, 0.6) is 0 Å². The molecule has 28 heteroatoms. The van der Waals surface area contributed by atoms with Gasteiger partial charge in [0.2, 0.25) is 11.7 Å². The Labute approximate surface area is 415 Å². The van der Waals surface area contributed by atoms with E-state index in [1.165, 1.54) is 23.9 Å². The van der Waals surface area contributed by atoms with E-state index in [-0.39, 0.29) is 42.0 Å². The number of halogens is 11. The normalized spacial score (nSPS) is 15.7. The van der Waals surface area contributed by atoms with Crippen molar-refractivity contribution in [2.75, 3.05) is 36.5 Å². The molecular weight excluding hydrogens is 1040 g/mol. The van der Waals surface area contributed by atoms with Gasteiger partial charge in [0.15, 0.2) is 0 Å². The van der Waals surface area contributed by atoms with Gasteiger partial charge >= 0.3 is 30.3 Å². The zero-order chi connectivity index (χ0) is 54.0. The third kappa shape index (κ3) is 13.6. The fourth-order valence-corrected chi connectivity index (χ4v) is 8.65. The summed E-state index contributed by atoms with van der Waals surface area (Å²) in [7, 11) is 0. The van der Waals surface area contributed by atoms with Crippen LogP contribution in [0.3, 0.4) is 0 Å². The van der Waals surface area contributed by atoms with Gasteiger partial charge in [-0.2, -0.15) is 35.1 Å². The van der Waals surface area contributed by atoms with Crippen molar-refractivity contribution in [1.82, 2.24) is 30.3 Å². The molecule has 3 amide bonds. The number of aromatic nitrogens is 3. The molecule has 0 bridgehead atoms. The molecule has 388 valence electrons. The van der Waals surface area contributed by atoms with Crippen LogP contribution in [0, 0.1) is 34.8 Å². The molecule has 2 unspecified atom stereocenters. The molecule has 2 aromatic carbocycles. The topological polar surface area (TPSA) is 217 Å². The molecule has 5 rings (SSSR count). The number of anilines is 1. The van der Waals surface area contributed by atoms with Crippen LogP contribution in [-0.2, 0) is 38.7 Å². The predicted molar refractivity (Wildman–Crippen MR) is 246 cm³/mol. The van der Waals surface area contributed by atoms with E-state index in [1.54, 1.807) is 20.1 Å². The number of allylic oxidation sites excluding steroid dienone is 2. The minimum atomic E-state index is -5.36. The van der Waals surface area contributed by atoms with Gasteiger partial charge in [0.05, 0.1) is 56.0 Å². The number of hydrogen-bond acceptors (Lipinski definition) is 10. The fourth-order valence-electron chi connectivity index (χ4n) is 7.55. The first-order valence-electron chi connectivity index (χ1n) is 20.7. The summed E-state index contributed by atoms with van der Waals surface area (Å²) in [6, 6.07) is 3.63. The average Bonchev–Trinajstić information content (AvgIpc) is 3.71. The number of carboxylic acid groups (broad SMARTS) is 2. The summed E-state index contributed by atoms with van der Waals surface area (Å²) in [6.07, 6.45) is -9.71. The summed E-state index contributed by atoms with van der Waals surface area (Å²) in [6.45, 7) is -1.27. The van der Waals surface area contributed by atoms with Crippen molar-refractivity contribution in [3.05, 3.63) is 87.3 Å². The van der Waals surface area contributed by atoms with Crippen molar-refractivity contribution in [2.45, 2.75) is 69.2 Å². The number of aliphatic carboxylic acids is 2. The quantitative estimate of drug-likeness (QED) is 0.0293. The lowest BCUT2D eigenvalue weighted by Gasteiger charge is -2.26. The van der Waals surface area contributed by atoms with Crippen molar-refractivity contribution in [3.63, 3.8) is 0 Å². The minimum absolute atomic E-state index is 0.0801. The molecule has 0 radical (unpaired) electrons. The number of pyridine rings is 1. The van der Waals surface area contributed by atoms with Gasteiger partial charge in [-0.1, -0.05) is 34.8 Å². The summed E-state index contributed by atoms with van der Waals surface area (Å²) >= 11 is 5.29. The maximum absolute atomic E-state index is 15.3. The highest BCUT2D eigenvalue weighted by Gasteiger charge is 2.51. The van der Waals surface area contributed by atoms with Gasteiger partial charge in [0.1, 0.15) is 48.9 Å². The number of carboxylic acids is 2. The molecule has 15 nitrogen and oxygen atoms in total. The zero-order valence-corrected chi connectivity index (χ0v) is 40.5. The summed E-state index contributed by atoms with van der Waals surface area (Å²) in [4.78, 5) is 56.0. The Bertz CT molecular complexity index is 2870. The van der Waals surface area contributed by atoms with Crippen molar-refractivity contribution < 1.29 is 77.8 Å². The number of urea groups is 1. The number of amides is 3. The van der Waals surface area contributed by atoms with Gasteiger partial charge in [0.25, 0.3) is 5.92 Å². The molecule has 3 atom stereocenters. The van der Waals surface area contributed by atoms with Crippen LogP contribution < -0.4 is 14.9 Å². The van der Waals surface area contributed by atoms with Gasteiger partial charge in [0, 0.05) is 29.2 Å². The Hall–Kier alpha value is -6.24. The maximum Gasteiger partial charge on any atom is 0.433 e. The van der Waals surface area contributed by atoms with Crippen molar-refractivity contribution in [3.8, 4) is 23.0 Å². The molecular formula is C44H41ClF10N8O7S2. The lowest BCUT2D eigenvalue weighted by molar-refractivity contribution is -0.142. The second kappa shape index (κ2) is 21.9. The molecule has 1 aliphatic rings. The van der Waals surface area contributed by atoms with E-state index in [0.717, 1.165) is 37.4 Å². The number of carbonyl (C=O) groups excluding carboxylic acids is 2. The Morgan fingerprint density at radius 2 is 1.62 bits per heavy atom. The molecule has 4 aromatic rings. The largest absolute Gasteiger partial charge is 0.593 e. The monoisotopic (exact) mass is 1080 g/mol. The van der Waals surface area contributed by atoms with Gasteiger partial charge in [-0.15, -0.1) is 16.9 Å². The van der Waals surface area contributed by atoms with Crippen LogP contribution in [-0.4, -0.2) is 119 Å². The molecule has 2 heterocycles. The van der Waals surface area contributed by atoms with Gasteiger partial charge in [-0.3, -0.25) is 29.4 Å². The fraction of sp³-hybridized carbons (Fsp3) is 0.386. The predicted octanol–water partition coefficient (Wildman–Crippen LogP) is 8.28. The number of nitrogens with one attached hydrogen (secondary N) is 3. The molecule has 5 N–H and O–H groups in total. The SMILES string of the molecule is CSC(C)(C)C#Cc1ccc(-c2ccc(Cl)c3c(N(C(=O)N(CC(=O)O)CC(=O)O)[S+](C)[O-])nn(CC(F)(F)F)c23)c(C(Cc2cc(F)cc(F)c2)NC(=O)CNC2=C(C(=N)C(F)(F)F)[C@@H](C)CC2(F)F)n1. The molecule has 0 aliphatic heterocycles. The molecule has 0 saturated carbocycles. The first-order chi connectivity index (χ1) is 33.2. The van der Waals surface area contributed by atoms with Gasteiger partial charge in [-0.25, -0.2) is 18.6 Å². The van der Waals surface area contributed by atoms with E-state index in [0.29, 0.717) is 6.07 Å². The van der Waals surface area contributed by atoms with Gasteiger partial charge in [-0.05, 0) is 74.3 Å². The van der Waals surface area contributed by atoms with Crippen LogP contribution in [0.4, 0.5) is 54.5 Å². The van der Waals surface area contributed by atoms with Crippen LogP contribution >= 0.6 is 23.4 Å². The number of carbonyl (C=O) groups is 4. The molecule has 72 heavy (non-hydrogen) atoms. The van der Waals surface area contributed by atoms with E-state index in [2.05, 4.69) is 27.2 Å². The second-order valence-corrected chi connectivity index (χ2v) is 19.6. The number of hydrogen-bond donors (Lipinski definition) is 5. The average molecular weight is 1080 g/mol. The van der Waals surface area contributed by atoms with Crippen LogP contribution in [0.25, 0.3) is 22.0 Å². The van der Waals surface area contributed by atoms with Crippen LogP contribution in [0.15, 0.2) is 53.7 Å². The lowest BCUT2D eigenvalue weighted by Crippen LogP contribution is -2.49. The number of thioether (sulfide) groups is 1. The smallest absolute Gasteiger partial charge is 0.433 e. The zero-order valence-electron chi connectivity index (χ0n) is 38.1. The van der Waals surface area contributed by atoms with E-state index < -0.39 is 160 Å². The second-order valence-electron chi connectivity index (χ2n) is 16.6. The van der Waals surface area contributed by atoms with E-state index in [1.807, 2.05) is 5.32 Å². The van der Waals surface area contributed by atoms with Crippen LogP contribution in [0.2, 0.25) is 5.02 Å². The number of alkyl halides is 8. The highest BCUT2D eigenvalue weighted by atomic mass is 35.5. The van der Waals surface area contributed by atoms with E-state index in [9.17, 15) is 69.1 Å². The first-order valence-corrected chi connectivity index (χ1v) is 23.8. The lowest BCUT2D eigenvalue weighted by atomic mass is 9.93. The van der Waals surface area contributed by atoms with Crippen molar-refractivity contribution in [1.29, 1.82) is 5.41 Å². The third-order valence-electron chi connectivity index (χ3n) is 10.6. The van der Waals surface area contributed by atoms with Crippen LogP contribution in [0.1, 0.15) is 50.2 Å². The Kier molecular flexibility index (Phi) is 17.2. The summed E-state index contributed by atoms with van der Waals surface area (Å²) < 4.78 is 158. The highest BCUT2D eigenvalue weighted by Crippen LogP contribution is 2.46. The first kappa shape index (κ1) is 56.7. The minimum Gasteiger partial charge on any atom is -0.593 e. The summed E-state index contributed by atoms with van der Waals surface area (Å²) in [5.74, 6) is -7.54. The molecule has 2 aromatic heterocycles. The Morgan fingerprint density at radius 3 is 2.17 bits per heavy atom. The summed E-state index contributed by atoms with van der Waals surface area (Å²) in [5, 5.41) is 34.0. The van der Waals surface area contributed by atoms with Gasteiger partial charge < -0.3 is 25.4 Å². The molecule has 0 spiro atoms.